The number of carboxylic acids is 1. The molecule has 0 fully saturated rings. The van der Waals surface area contributed by atoms with Crippen molar-refractivity contribution in [2.75, 3.05) is 14.2 Å². The molecule has 0 radical (unpaired) electrons. The largest absolute Gasteiger partial charge is 0.497 e. The molecule has 10 heteroatoms. The zero-order valence-electron chi connectivity index (χ0n) is 19.2. The number of aromatic nitrogens is 3. The van der Waals surface area contributed by atoms with Gasteiger partial charge >= 0.3 is 5.97 Å². The Bertz CT molecular complexity index is 1370. The van der Waals surface area contributed by atoms with Crippen LogP contribution < -0.4 is 9.47 Å². The van der Waals surface area contributed by atoms with E-state index < -0.39 is 5.97 Å². The van der Waals surface area contributed by atoms with E-state index in [0.717, 1.165) is 27.4 Å². The van der Waals surface area contributed by atoms with Crippen molar-refractivity contribution >= 4 is 39.7 Å². The van der Waals surface area contributed by atoms with Crippen LogP contribution in [-0.2, 0) is 11.3 Å². The van der Waals surface area contributed by atoms with Crippen LogP contribution in [0.15, 0.2) is 73.5 Å². The Morgan fingerprint density at radius 1 is 1.09 bits per heavy atom. The van der Waals surface area contributed by atoms with E-state index in [2.05, 4.69) is 26.1 Å². The minimum atomic E-state index is -1.09. The van der Waals surface area contributed by atoms with E-state index in [4.69, 9.17) is 13.9 Å². The van der Waals surface area contributed by atoms with Crippen molar-refractivity contribution in [3.8, 4) is 34.2 Å². The molecular formula is C25H22BrN3O5S. The molecule has 0 amide bonds. The molecular weight excluding hydrogens is 534 g/mol. The summed E-state index contributed by atoms with van der Waals surface area (Å²) < 4.78 is 19.4. The summed E-state index contributed by atoms with van der Waals surface area (Å²) in [6.45, 7) is 2.47. The van der Waals surface area contributed by atoms with E-state index in [-0.39, 0.29) is 4.91 Å². The molecule has 1 N–H and O–H groups in total. The maximum absolute atomic E-state index is 12.0. The van der Waals surface area contributed by atoms with E-state index in [0.29, 0.717) is 40.5 Å². The number of rotatable bonds is 9. The van der Waals surface area contributed by atoms with Crippen LogP contribution in [0.1, 0.15) is 12.7 Å². The van der Waals surface area contributed by atoms with Gasteiger partial charge in [0.2, 0.25) is 0 Å². The number of benzene rings is 2. The number of methoxy groups -OCH3 is 2. The minimum Gasteiger partial charge on any atom is -0.497 e. The number of ether oxygens (including phenoxy) is 2. The first-order valence-corrected chi connectivity index (χ1v) is 12.2. The molecule has 4 rings (SSSR count). The van der Waals surface area contributed by atoms with Gasteiger partial charge in [-0.25, -0.2) is 4.79 Å². The Morgan fingerprint density at radius 2 is 1.83 bits per heavy atom. The Balaban J connectivity index is 1.65. The van der Waals surface area contributed by atoms with Crippen molar-refractivity contribution in [2.45, 2.75) is 18.6 Å². The number of hydrogen-bond donors (Lipinski definition) is 1. The third-order valence-electron chi connectivity index (χ3n) is 5.06. The number of nitrogens with zero attached hydrogens (tertiary/aromatic N) is 3. The summed E-state index contributed by atoms with van der Waals surface area (Å²) in [5, 5.41) is 18.9. The molecule has 2 heterocycles. The maximum Gasteiger partial charge on any atom is 0.342 e. The summed E-state index contributed by atoms with van der Waals surface area (Å²) in [5.41, 5.74) is 1.63. The predicted octanol–water partition coefficient (Wildman–Crippen LogP) is 6.22. The Kier molecular flexibility index (Phi) is 7.62. The fraction of sp³-hybridized carbons (Fsp3) is 0.160. The molecule has 0 spiro atoms. The van der Waals surface area contributed by atoms with Gasteiger partial charge in [-0.05, 0) is 55.1 Å². The summed E-state index contributed by atoms with van der Waals surface area (Å²) in [6, 6.07) is 16.6. The number of halogens is 1. The zero-order chi connectivity index (χ0) is 24.9. The van der Waals surface area contributed by atoms with Gasteiger partial charge in [-0.2, -0.15) is 0 Å². The molecule has 4 aromatic rings. The van der Waals surface area contributed by atoms with Gasteiger partial charge in [0.15, 0.2) is 11.0 Å². The van der Waals surface area contributed by atoms with Crippen molar-refractivity contribution < 1.29 is 23.8 Å². The highest BCUT2D eigenvalue weighted by Gasteiger charge is 2.20. The molecule has 2 aromatic carbocycles. The van der Waals surface area contributed by atoms with Gasteiger partial charge in [-0.3, -0.25) is 0 Å². The number of carbonyl (C=O) groups is 1. The smallest absolute Gasteiger partial charge is 0.342 e. The lowest BCUT2D eigenvalue weighted by atomic mass is 10.2. The quantitative estimate of drug-likeness (QED) is 0.192. The Labute approximate surface area is 214 Å². The monoisotopic (exact) mass is 555 g/mol. The first kappa shape index (κ1) is 24.6. The second kappa shape index (κ2) is 10.8. The van der Waals surface area contributed by atoms with Gasteiger partial charge in [0.1, 0.15) is 27.9 Å². The topological polar surface area (TPSA) is 99.6 Å². The minimum absolute atomic E-state index is 0.0528. The fourth-order valence-corrected chi connectivity index (χ4v) is 4.65. The molecule has 0 atom stereocenters. The molecule has 35 heavy (non-hydrogen) atoms. The van der Waals surface area contributed by atoms with Crippen LogP contribution in [0.2, 0.25) is 0 Å². The first-order valence-electron chi connectivity index (χ1n) is 10.6. The number of hydrogen-bond acceptors (Lipinski definition) is 7. The summed E-state index contributed by atoms with van der Waals surface area (Å²) in [6.07, 6.45) is 1.48. The summed E-state index contributed by atoms with van der Waals surface area (Å²) >= 11 is 4.45. The molecule has 180 valence electrons. The third kappa shape index (κ3) is 5.60. The highest BCUT2D eigenvalue weighted by molar-refractivity contribution is 9.10. The number of aliphatic carboxylic acids is 1. The SMILES string of the molecule is CCn1c(S/C(=C\c2ccc(-c3cccc(Br)c3)o2)C(=O)O)nnc1-c1cc(OC)cc(OC)c1. The highest BCUT2D eigenvalue weighted by Crippen LogP contribution is 2.34. The van der Waals surface area contributed by atoms with Crippen LogP contribution in [0.3, 0.4) is 0 Å². The number of thioether (sulfide) groups is 1. The number of furan rings is 1. The van der Waals surface area contributed by atoms with Gasteiger partial charge in [0.25, 0.3) is 0 Å². The second-order valence-electron chi connectivity index (χ2n) is 7.28. The van der Waals surface area contributed by atoms with E-state index in [1.165, 1.54) is 6.08 Å². The normalized spacial score (nSPS) is 11.5. The average Bonchev–Trinajstić information content (AvgIpc) is 3.50. The summed E-state index contributed by atoms with van der Waals surface area (Å²) in [5.74, 6) is 1.77. The van der Waals surface area contributed by atoms with Crippen molar-refractivity contribution in [1.29, 1.82) is 0 Å². The molecule has 0 aliphatic rings. The molecule has 0 bridgehead atoms. The average molecular weight is 556 g/mol. The maximum atomic E-state index is 12.0. The molecule has 8 nitrogen and oxygen atoms in total. The van der Waals surface area contributed by atoms with E-state index in [1.54, 1.807) is 32.4 Å². The van der Waals surface area contributed by atoms with Gasteiger partial charge < -0.3 is 23.6 Å². The zero-order valence-corrected chi connectivity index (χ0v) is 21.6. The molecule has 0 aliphatic heterocycles. The van der Waals surface area contributed by atoms with Crippen molar-refractivity contribution in [1.82, 2.24) is 14.8 Å². The first-order chi connectivity index (χ1) is 16.9. The second-order valence-corrected chi connectivity index (χ2v) is 9.20. The lowest BCUT2D eigenvalue weighted by molar-refractivity contribution is -0.131. The Hall–Kier alpha value is -3.50. The van der Waals surface area contributed by atoms with Crippen molar-refractivity contribution in [3.63, 3.8) is 0 Å². The molecule has 0 aliphatic carbocycles. The van der Waals surface area contributed by atoms with Crippen LogP contribution in [-0.4, -0.2) is 40.1 Å². The lowest BCUT2D eigenvalue weighted by Crippen LogP contribution is -2.03. The molecule has 2 aromatic heterocycles. The summed E-state index contributed by atoms with van der Waals surface area (Å²) in [7, 11) is 3.15. The van der Waals surface area contributed by atoms with Gasteiger partial charge in [-0.15, -0.1) is 10.2 Å². The summed E-state index contributed by atoms with van der Waals surface area (Å²) in [4.78, 5) is 12.1. The van der Waals surface area contributed by atoms with E-state index in [9.17, 15) is 9.90 Å². The van der Waals surface area contributed by atoms with Crippen LogP contribution >= 0.6 is 27.7 Å². The Morgan fingerprint density at radius 3 is 2.46 bits per heavy atom. The van der Waals surface area contributed by atoms with Gasteiger partial charge in [-0.1, -0.05) is 28.1 Å². The predicted molar refractivity (Wildman–Crippen MR) is 138 cm³/mol. The standard InChI is InChI=1S/C25H22BrN3O5S/c1-4-29-23(16-11-19(32-2)13-20(12-16)33-3)27-28-25(29)35-22(24(30)31)14-18-8-9-21(34-18)15-6-5-7-17(26)10-15/h5-14H,4H2,1-3H3,(H,30,31)/b22-14-. The molecule has 0 saturated heterocycles. The van der Waals surface area contributed by atoms with E-state index in [1.807, 2.05) is 47.9 Å². The molecule has 0 saturated carbocycles. The number of carboxylic acid groups (broad SMARTS) is 1. The third-order valence-corrected chi connectivity index (χ3v) is 6.55. The van der Waals surface area contributed by atoms with Crippen LogP contribution in [0.25, 0.3) is 28.8 Å². The highest BCUT2D eigenvalue weighted by atomic mass is 79.9. The van der Waals surface area contributed by atoms with Gasteiger partial charge in [0.05, 0.1) is 14.2 Å². The van der Waals surface area contributed by atoms with Crippen molar-refractivity contribution in [2.24, 2.45) is 0 Å². The van der Waals surface area contributed by atoms with Crippen LogP contribution in [0, 0.1) is 0 Å². The molecule has 0 unspecified atom stereocenters. The van der Waals surface area contributed by atoms with E-state index >= 15 is 0 Å². The van der Waals surface area contributed by atoms with Crippen LogP contribution in [0.4, 0.5) is 0 Å². The van der Waals surface area contributed by atoms with Crippen molar-refractivity contribution in [3.05, 3.63) is 69.7 Å². The van der Waals surface area contributed by atoms with Crippen LogP contribution in [0.5, 0.6) is 11.5 Å². The lowest BCUT2D eigenvalue weighted by Gasteiger charge is -2.10. The van der Waals surface area contributed by atoms with Gasteiger partial charge in [0, 0.05) is 34.3 Å². The fourth-order valence-electron chi connectivity index (χ4n) is 3.39.